The van der Waals surface area contributed by atoms with Crippen molar-refractivity contribution in [3.63, 3.8) is 0 Å². The fourth-order valence-corrected chi connectivity index (χ4v) is 3.44. The number of nitrogens with zero attached hydrogens (tertiary/aromatic N) is 3. The maximum Gasteiger partial charge on any atom is 0.261 e. The molecule has 3 heterocycles. The highest BCUT2D eigenvalue weighted by Gasteiger charge is 2.15. The molecule has 5 nitrogen and oxygen atoms in total. The number of aromatic nitrogens is 1. The van der Waals surface area contributed by atoms with Crippen LogP contribution in [0.5, 0.6) is 0 Å². The molecule has 0 aromatic carbocycles. The summed E-state index contributed by atoms with van der Waals surface area (Å²) in [7, 11) is 2.13. The number of amides is 1. The number of hydrogen-bond acceptors (Lipinski definition) is 5. The van der Waals surface area contributed by atoms with Gasteiger partial charge in [0.05, 0.1) is 9.21 Å². The molecule has 1 fully saturated rings. The van der Waals surface area contributed by atoms with E-state index >= 15 is 0 Å². The van der Waals surface area contributed by atoms with Gasteiger partial charge in [-0.1, -0.05) is 11.6 Å². The van der Waals surface area contributed by atoms with Gasteiger partial charge in [-0.05, 0) is 36.9 Å². The van der Waals surface area contributed by atoms with Crippen molar-refractivity contribution in [2.45, 2.75) is 6.54 Å². The zero-order chi connectivity index (χ0) is 16.2. The summed E-state index contributed by atoms with van der Waals surface area (Å²) in [6, 6.07) is 7.46. The lowest BCUT2D eigenvalue weighted by atomic mass is 10.2. The molecule has 1 N–H and O–H groups in total. The maximum absolute atomic E-state index is 12.1. The van der Waals surface area contributed by atoms with Gasteiger partial charge in [0, 0.05) is 38.9 Å². The molecule has 0 bridgehead atoms. The highest BCUT2D eigenvalue weighted by Crippen LogP contribution is 2.21. The Morgan fingerprint density at radius 3 is 2.78 bits per heavy atom. The summed E-state index contributed by atoms with van der Waals surface area (Å²) in [5.41, 5.74) is 1.05. The SMILES string of the molecule is CN1CCN(c2cc(CNC(=O)c3ccc(Cl)s3)ccn2)CC1. The van der Waals surface area contributed by atoms with Crippen molar-refractivity contribution in [3.05, 3.63) is 45.2 Å². The second kappa shape index (κ2) is 7.29. The van der Waals surface area contributed by atoms with Crippen LogP contribution in [0.4, 0.5) is 5.82 Å². The van der Waals surface area contributed by atoms with Gasteiger partial charge in [0.2, 0.25) is 0 Å². The zero-order valence-electron chi connectivity index (χ0n) is 13.0. The molecule has 7 heteroatoms. The van der Waals surface area contributed by atoms with E-state index in [0.29, 0.717) is 15.8 Å². The van der Waals surface area contributed by atoms with Crippen molar-refractivity contribution in [1.82, 2.24) is 15.2 Å². The number of thiophene rings is 1. The smallest absolute Gasteiger partial charge is 0.261 e. The lowest BCUT2D eigenvalue weighted by Gasteiger charge is -2.33. The average Bonchev–Trinajstić information content (AvgIpc) is 3.00. The van der Waals surface area contributed by atoms with Crippen LogP contribution in [-0.4, -0.2) is 49.0 Å². The third kappa shape index (κ3) is 4.22. The molecule has 1 amide bonds. The minimum atomic E-state index is -0.0974. The lowest BCUT2D eigenvalue weighted by molar-refractivity contribution is 0.0955. The van der Waals surface area contributed by atoms with Crippen LogP contribution in [0.2, 0.25) is 4.34 Å². The third-order valence-electron chi connectivity index (χ3n) is 3.89. The molecule has 0 atom stereocenters. The molecule has 23 heavy (non-hydrogen) atoms. The van der Waals surface area contributed by atoms with E-state index in [1.807, 2.05) is 12.1 Å². The Bertz CT molecular complexity index is 682. The van der Waals surface area contributed by atoms with Crippen LogP contribution < -0.4 is 10.2 Å². The number of carbonyl (C=O) groups excluding carboxylic acids is 1. The standard InChI is InChI=1S/C16H19ClN4OS/c1-20-6-8-21(9-7-20)15-10-12(4-5-18-15)11-19-16(22)13-2-3-14(17)23-13/h2-5,10H,6-9,11H2,1H3,(H,19,22). The van der Waals surface area contributed by atoms with E-state index in [1.54, 1.807) is 18.3 Å². The summed E-state index contributed by atoms with van der Waals surface area (Å²) in [6.45, 7) is 4.53. The number of piperazine rings is 1. The Morgan fingerprint density at radius 2 is 2.09 bits per heavy atom. The van der Waals surface area contributed by atoms with Crippen LogP contribution in [0.25, 0.3) is 0 Å². The zero-order valence-corrected chi connectivity index (χ0v) is 14.5. The summed E-state index contributed by atoms with van der Waals surface area (Å²) >= 11 is 7.15. The number of halogens is 1. The first-order valence-electron chi connectivity index (χ1n) is 7.54. The molecule has 2 aromatic heterocycles. The number of carbonyl (C=O) groups is 1. The van der Waals surface area contributed by atoms with E-state index in [1.165, 1.54) is 11.3 Å². The molecule has 1 aliphatic heterocycles. The molecule has 0 aliphatic carbocycles. The third-order valence-corrected chi connectivity index (χ3v) is 5.12. The van der Waals surface area contributed by atoms with Crippen molar-refractivity contribution >= 4 is 34.7 Å². The fraction of sp³-hybridized carbons (Fsp3) is 0.375. The van der Waals surface area contributed by atoms with E-state index < -0.39 is 0 Å². The molecule has 2 aromatic rings. The largest absolute Gasteiger partial charge is 0.354 e. The van der Waals surface area contributed by atoms with Crippen LogP contribution in [-0.2, 0) is 6.54 Å². The quantitative estimate of drug-likeness (QED) is 0.920. The van der Waals surface area contributed by atoms with Crippen LogP contribution in [0, 0.1) is 0 Å². The Labute approximate surface area is 144 Å². The molecule has 0 spiro atoms. The summed E-state index contributed by atoms with van der Waals surface area (Å²) in [6.07, 6.45) is 1.80. The molecule has 0 radical (unpaired) electrons. The van der Waals surface area contributed by atoms with Crippen LogP contribution >= 0.6 is 22.9 Å². The minimum Gasteiger partial charge on any atom is -0.354 e. The van der Waals surface area contributed by atoms with E-state index in [4.69, 9.17) is 11.6 Å². The molecule has 1 saturated heterocycles. The van der Waals surface area contributed by atoms with Crippen LogP contribution in [0.1, 0.15) is 15.2 Å². The van der Waals surface area contributed by atoms with Gasteiger partial charge in [0.15, 0.2) is 0 Å². The number of hydrogen-bond donors (Lipinski definition) is 1. The van der Waals surface area contributed by atoms with Crippen molar-refractivity contribution in [3.8, 4) is 0 Å². The molecule has 0 saturated carbocycles. The van der Waals surface area contributed by atoms with Gasteiger partial charge in [0.1, 0.15) is 5.82 Å². The Kier molecular flexibility index (Phi) is 5.15. The number of pyridine rings is 1. The lowest BCUT2D eigenvalue weighted by Crippen LogP contribution is -2.44. The topological polar surface area (TPSA) is 48.5 Å². The Hall–Kier alpha value is -1.63. The molecule has 122 valence electrons. The summed E-state index contributed by atoms with van der Waals surface area (Å²) in [5, 5.41) is 2.92. The van der Waals surface area contributed by atoms with Crippen molar-refractivity contribution in [2.75, 3.05) is 38.1 Å². The molecule has 0 unspecified atom stereocenters. The normalized spacial score (nSPS) is 15.7. The predicted octanol–water partition coefficient (Wildman–Crippen LogP) is 2.48. The number of likely N-dealkylation sites (N-methyl/N-ethyl adjacent to an activating group) is 1. The molecular weight excluding hydrogens is 332 g/mol. The second-order valence-electron chi connectivity index (χ2n) is 5.60. The van der Waals surface area contributed by atoms with Gasteiger partial charge in [-0.15, -0.1) is 11.3 Å². The molecule has 3 rings (SSSR count). The van der Waals surface area contributed by atoms with Gasteiger partial charge in [-0.2, -0.15) is 0 Å². The maximum atomic E-state index is 12.1. The monoisotopic (exact) mass is 350 g/mol. The Morgan fingerprint density at radius 1 is 1.30 bits per heavy atom. The van der Waals surface area contributed by atoms with E-state index in [-0.39, 0.29) is 5.91 Å². The van der Waals surface area contributed by atoms with Gasteiger partial charge in [-0.25, -0.2) is 4.98 Å². The van der Waals surface area contributed by atoms with E-state index in [9.17, 15) is 4.79 Å². The van der Waals surface area contributed by atoms with Crippen LogP contribution in [0.3, 0.4) is 0 Å². The van der Waals surface area contributed by atoms with Crippen molar-refractivity contribution < 1.29 is 4.79 Å². The summed E-state index contributed by atoms with van der Waals surface area (Å²) in [4.78, 5) is 21.7. The highest BCUT2D eigenvalue weighted by atomic mass is 35.5. The first-order chi connectivity index (χ1) is 11.1. The van der Waals surface area contributed by atoms with Gasteiger partial charge in [0.25, 0.3) is 5.91 Å². The summed E-state index contributed by atoms with van der Waals surface area (Å²) in [5.74, 6) is 0.879. The first-order valence-corrected chi connectivity index (χ1v) is 8.73. The highest BCUT2D eigenvalue weighted by molar-refractivity contribution is 7.17. The predicted molar refractivity (Wildman–Crippen MR) is 94.4 cm³/mol. The van der Waals surface area contributed by atoms with Crippen molar-refractivity contribution in [1.29, 1.82) is 0 Å². The van der Waals surface area contributed by atoms with E-state index in [0.717, 1.165) is 37.6 Å². The van der Waals surface area contributed by atoms with Gasteiger partial charge in [-0.3, -0.25) is 4.79 Å². The van der Waals surface area contributed by atoms with Crippen LogP contribution in [0.15, 0.2) is 30.5 Å². The number of nitrogens with one attached hydrogen (secondary N) is 1. The number of rotatable bonds is 4. The first kappa shape index (κ1) is 16.2. The minimum absolute atomic E-state index is 0.0974. The average molecular weight is 351 g/mol. The summed E-state index contributed by atoms with van der Waals surface area (Å²) < 4.78 is 0.622. The Balaban J connectivity index is 1.60. The fourth-order valence-electron chi connectivity index (χ4n) is 2.48. The van der Waals surface area contributed by atoms with Crippen molar-refractivity contribution in [2.24, 2.45) is 0 Å². The van der Waals surface area contributed by atoms with E-state index in [2.05, 4.69) is 27.1 Å². The molecular formula is C16H19ClN4OS. The number of anilines is 1. The van der Waals surface area contributed by atoms with Gasteiger partial charge < -0.3 is 15.1 Å². The van der Waals surface area contributed by atoms with Gasteiger partial charge >= 0.3 is 0 Å². The second-order valence-corrected chi connectivity index (χ2v) is 7.31. The molecule has 1 aliphatic rings.